The highest BCUT2D eigenvalue weighted by molar-refractivity contribution is 14.0. The van der Waals surface area contributed by atoms with Gasteiger partial charge in [-0.3, -0.25) is 4.99 Å². The third-order valence-corrected chi connectivity index (χ3v) is 5.20. The predicted molar refractivity (Wildman–Crippen MR) is 121 cm³/mol. The monoisotopic (exact) mass is 485 g/mol. The first-order valence-electron chi connectivity index (χ1n) is 9.05. The molecule has 0 radical (unpaired) electrons. The zero-order valence-corrected chi connectivity index (χ0v) is 18.6. The Bertz CT molecular complexity index is 690. The van der Waals surface area contributed by atoms with Gasteiger partial charge in [0.2, 0.25) is 0 Å². The predicted octanol–water partition coefficient (Wildman–Crippen LogP) is 4.62. The number of nitrogens with zero attached hydrogens (tertiary/aromatic N) is 1. The molecule has 0 saturated carbocycles. The molecule has 26 heavy (non-hydrogen) atoms. The van der Waals surface area contributed by atoms with Crippen molar-refractivity contribution >= 4 is 41.3 Å². The fraction of sp³-hybridized carbons (Fsp3) is 0.450. The Hall–Kier alpha value is -1.28. The molecule has 6 heteroatoms. The number of rotatable bonds is 6. The lowest BCUT2D eigenvalue weighted by Gasteiger charge is -2.28. The molecular formula is C20H28IN3OS. The Morgan fingerprint density at radius 3 is 2.92 bits per heavy atom. The molecule has 2 atom stereocenters. The summed E-state index contributed by atoms with van der Waals surface area (Å²) in [5, 5.41) is 9.10. The lowest BCUT2D eigenvalue weighted by Crippen LogP contribution is -2.41. The van der Waals surface area contributed by atoms with Crippen molar-refractivity contribution in [3.8, 4) is 5.75 Å². The minimum Gasteiger partial charge on any atom is -0.493 e. The maximum atomic E-state index is 5.75. The molecule has 0 fully saturated rings. The van der Waals surface area contributed by atoms with Crippen LogP contribution in [0.4, 0.5) is 0 Å². The number of aliphatic imine (C=N–C) groups is 1. The number of fused-ring (bicyclic) bond motifs is 1. The summed E-state index contributed by atoms with van der Waals surface area (Å²) in [6.07, 6.45) is 2.03. The van der Waals surface area contributed by atoms with Gasteiger partial charge in [0.1, 0.15) is 5.75 Å². The summed E-state index contributed by atoms with van der Waals surface area (Å²) in [4.78, 5) is 6.25. The maximum Gasteiger partial charge on any atom is 0.191 e. The third kappa shape index (κ3) is 5.87. The number of para-hydroxylation sites is 1. The molecular weight excluding hydrogens is 457 g/mol. The van der Waals surface area contributed by atoms with Crippen molar-refractivity contribution in [2.75, 3.05) is 19.7 Å². The molecule has 0 amide bonds. The normalized spacial score (nSPS) is 17.5. The number of thiophene rings is 1. The first-order valence-corrected chi connectivity index (χ1v) is 9.93. The largest absolute Gasteiger partial charge is 0.493 e. The smallest absolute Gasteiger partial charge is 0.191 e. The highest BCUT2D eigenvalue weighted by Gasteiger charge is 2.21. The van der Waals surface area contributed by atoms with Crippen LogP contribution in [0.5, 0.6) is 5.75 Å². The summed E-state index contributed by atoms with van der Waals surface area (Å²) in [5.74, 6) is 2.39. The highest BCUT2D eigenvalue weighted by atomic mass is 127. The van der Waals surface area contributed by atoms with E-state index in [2.05, 4.69) is 54.1 Å². The van der Waals surface area contributed by atoms with Gasteiger partial charge in [0.15, 0.2) is 5.96 Å². The van der Waals surface area contributed by atoms with Gasteiger partial charge in [0.25, 0.3) is 0 Å². The average molecular weight is 485 g/mol. The van der Waals surface area contributed by atoms with Crippen LogP contribution in [0.25, 0.3) is 0 Å². The van der Waals surface area contributed by atoms with Crippen LogP contribution >= 0.6 is 35.3 Å². The molecule has 4 nitrogen and oxygen atoms in total. The quantitative estimate of drug-likeness (QED) is 0.357. The summed E-state index contributed by atoms with van der Waals surface area (Å²) in [6.45, 7) is 6.78. The van der Waals surface area contributed by atoms with Crippen molar-refractivity contribution in [2.45, 2.75) is 32.7 Å². The summed E-state index contributed by atoms with van der Waals surface area (Å²) in [6, 6.07) is 12.8. The third-order valence-electron chi connectivity index (χ3n) is 4.30. The van der Waals surface area contributed by atoms with Gasteiger partial charge in [0, 0.05) is 30.0 Å². The van der Waals surface area contributed by atoms with Gasteiger partial charge in [0.05, 0.1) is 12.6 Å². The molecule has 1 aliphatic rings. The molecule has 1 aromatic carbocycles. The Morgan fingerprint density at radius 2 is 2.15 bits per heavy atom. The fourth-order valence-corrected chi connectivity index (χ4v) is 3.93. The fourth-order valence-electron chi connectivity index (χ4n) is 3.06. The minimum absolute atomic E-state index is 0. The highest BCUT2D eigenvalue weighted by Crippen LogP contribution is 2.31. The summed E-state index contributed by atoms with van der Waals surface area (Å²) < 4.78 is 5.75. The molecule has 2 N–H and O–H groups in total. The number of guanidine groups is 1. The molecule has 0 aliphatic carbocycles. The van der Waals surface area contributed by atoms with Crippen LogP contribution < -0.4 is 15.4 Å². The number of hydrogen-bond acceptors (Lipinski definition) is 3. The van der Waals surface area contributed by atoms with Crippen LogP contribution in [0.3, 0.4) is 0 Å². The van der Waals surface area contributed by atoms with Crippen LogP contribution in [0.1, 0.15) is 36.8 Å². The second-order valence-corrected chi connectivity index (χ2v) is 7.51. The molecule has 3 rings (SSSR count). The van der Waals surface area contributed by atoms with E-state index in [-0.39, 0.29) is 30.0 Å². The number of nitrogens with one attached hydrogen (secondary N) is 2. The molecule has 2 aromatic rings. The van der Waals surface area contributed by atoms with Gasteiger partial charge in [-0.15, -0.1) is 35.3 Å². The van der Waals surface area contributed by atoms with Gasteiger partial charge in [-0.25, -0.2) is 0 Å². The zero-order valence-electron chi connectivity index (χ0n) is 15.4. The van der Waals surface area contributed by atoms with Gasteiger partial charge in [-0.1, -0.05) is 31.2 Å². The lowest BCUT2D eigenvalue weighted by molar-refractivity contribution is 0.261. The topological polar surface area (TPSA) is 45.7 Å². The van der Waals surface area contributed by atoms with Crippen molar-refractivity contribution in [1.82, 2.24) is 10.6 Å². The molecule has 0 bridgehead atoms. The second-order valence-electron chi connectivity index (χ2n) is 6.48. The van der Waals surface area contributed by atoms with E-state index in [1.807, 2.05) is 23.5 Å². The molecule has 142 valence electrons. The number of benzene rings is 1. The van der Waals surface area contributed by atoms with E-state index in [0.717, 1.165) is 44.2 Å². The van der Waals surface area contributed by atoms with Gasteiger partial charge in [-0.2, -0.15) is 0 Å². The van der Waals surface area contributed by atoms with Crippen LogP contribution in [-0.2, 0) is 6.42 Å². The van der Waals surface area contributed by atoms with Crippen LogP contribution in [0, 0.1) is 5.92 Å². The van der Waals surface area contributed by atoms with Crippen molar-refractivity contribution in [3.05, 3.63) is 52.2 Å². The van der Waals surface area contributed by atoms with E-state index in [4.69, 9.17) is 9.73 Å². The molecule has 1 aromatic heterocycles. The van der Waals surface area contributed by atoms with Gasteiger partial charge in [-0.05, 0) is 36.8 Å². The van der Waals surface area contributed by atoms with Gasteiger partial charge >= 0.3 is 0 Å². The Morgan fingerprint density at radius 1 is 1.31 bits per heavy atom. The molecule has 2 unspecified atom stereocenters. The van der Waals surface area contributed by atoms with Crippen LogP contribution in [0.2, 0.25) is 0 Å². The summed E-state index contributed by atoms with van der Waals surface area (Å²) >= 11 is 1.82. The van der Waals surface area contributed by atoms with Crippen molar-refractivity contribution in [2.24, 2.45) is 10.9 Å². The van der Waals surface area contributed by atoms with Crippen molar-refractivity contribution in [3.63, 3.8) is 0 Å². The molecule has 0 saturated heterocycles. The lowest BCUT2D eigenvalue weighted by atomic mass is 10.0. The van der Waals surface area contributed by atoms with E-state index in [9.17, 15) is 0 Å². The first-order chi connectivity index (χ1) is 12.3. The van der Waals surface area contributed by atoms with Crippen LogP contribution in [-0.4, -0.2) is 25.7 Å². The van der Waals surface area contributed by atoms with E-state index >= 15 is 0 Å². The van der Waals surface area contributed by atoms with Crippen molar-refractivity contribution < 1.29 is 4.74 Å². The standard InChI is InChI=1S/C20H27N3OS.HI/c1-3-21-20(22-14-15(2)13-16-7-6-12-25-16)23-18-10-11-24-19-9-5-4-8-17(18)19;/h4-9,12,15,18H,3,10-11,13-14H2,1-2H3,(H2,21,22,23);1H. The zero-order chi connectivity index (χ0) is 17.5. The molecule has 2 heterocycles. The van der Waals surface area contributed by atoms with E-state index in [0.29, 0.717) is 5.92 Å². The first kappa shape index (κ1) is 21.0. The maximum absolute atomic E-state index is 5.75. The Balaban J connectivity index is 0.00000243. The van der Waals surface area contributed by atoms with Crippen LogP contribution in [0.15, 0.2) is 46.8 Å². The van der Waals surface area contributed by atoms with E-state index in [1.165, 1.54) is 10.4 Å². The van der Waals surface area contributed by atoms with Gasteiger partial charge < -0.3 is 15.4 Å². The molecule has 1 aliphatic heterocycles. The van der Waals surface area contributed by atoms with Crippen molar-refractivity contribution in [1.29, 1.82) is 0 Å². The minimum atomic E-state index is 0. The second kappa shape index (κ2) is 10.8. The number of ether oxygens (including phenoxy) is 1. The molecule has 0 spiro atoms. The van der Waals surface area contributed by atoms with E-state index < -0.39 is 0 Å². The number of hydrogen-bond donors (Lipinski definition) is 2. The number of halogens is 1. The summed E-state index contributed by atoms with van der Waals surface area (Å²) in [7, 11) is 0. The van der Waals surface area contributed by atoms with E-state index in [1.54, 1.807) is 0 Å². The Kier molecular flexibility index (Phi) is 8.71. The SMILES string of the molecule is CCNC(=NCC(C)Cc1cccs1)NC1CCOc2ccccc21.I. The average Bonchev–Trinajstić information content (AvgIpc) is 3.13. The Labute approximate surface area is 177 Å². The summed E-state index contributed by atoms with van der Waals surface area (Å²) in [5.41, 5.74) is 1.21.